The molecule has 1 aromatic rings. The van der Waals surface area contributed by atoms with E-state index >= 15 is 0 Å². The van der Waals surface area contributed by atoms with E-state index in [0.29, 0.717) is 0 Å². The van der Waals surface area contributed by atoms with E-state index in [1.54, 1.807) is 0 Å². The summed E-state index contributed by atoms with van der Waals surface area (Å²) >= 11 is 0. The second-order valence-corrected chi connectivity index (χ2v) is 2.65. The minimum absolute atomic E-state index is 0.279. The smallest absolute Gasteiger partial charge is 0.422 e. The molecule has 0 atom stereocenters. The summed E-state index contributed by atoms with van der Waals surface area (Å²) in [6.45, 7) is -0.0765. The first-order valence-electron chi connectivity index (χ1n) is 3.71. The van der Waals surface area contributed by atoms with Crippen molar-refractivity contribution in [3.05, 3.63) is 23.8 Å². The summed E-state index contributed by atoms with van der Waals surface area (Å²) in [5, 5.41) is 0. The topological polar surface area (TPSA) is 22.1 Å². The number of ether oxygens (including phenoxy) is 1. The zero-order valence-corrected chi connectivity index (χ0v) is 7.23. The first kappa shape index (κ1) is 10.7. The van der Waals surface area contributed by atoms with Crippen LogP contribution in [-0.4, -0.2) is 17.8 Å². The van der Waals surface area contributed by atoms with Crippen LogP contribution in [0.5, 0.6) is 5.75 Å². The molecule has 0 spiro atoms. The molecule has 0 unspecified atom stereocenters. The average Bonchev–Trinajstić information content (AvgIpc) is 2.01. The van der Waals surface area contributed by atoms with E-state index in [9.17, 15) is 17.6 Å². The zero-order valence-electron chi connectivity index (χ0n) is 7.23. The largest absolute Gasteiger partial charge is 0.479 e. The van der Waals surface area contributed by atoms with Gasteiger partial charge in [0.05, 0.1) is 0 Å². The minimum atomic E-state index is -4.48. The van der Waals surface area contributed by atoms with Gasteiger partial charge in [0.15, 0.2) is 12.4 Å². The molecular formula is C8H7F4NO. The van der Waals surface area contributed by atoms with Crippen LogP contribution in [0.2, 0.25) is 0 Å². The highest BCUT2D eigenvalue weighted by Gasteiger charge is 2.29. The molecule has 1 rings (SSSR count). The lowest BCUT2D eigenvalue weighted by Crippen LogP contribution is -2.20. The number of alkyl halides is 3. The van der Waals surface area contributed by atoms with Crippen LogP contribution in [0.1, 0.15) is 5.56 Å². The van der Waals surface area contributed by atoms with Crippen LogP contribution in [0.25, 0.3) is 0 Å². The Morgan fingerprint density at radius 2 is 2.07 bits per heavy atom. The summed E-state index contributed by atoms with van der Waals surface area (Å²) in [6, 6.07) is 1.37. The molecule has 0 aliphatic rings. The number of aryl methyl sites for hydroxylation is 1. The predicted octanol–water partition coefficient (Wildman–Crippen LogP) is 2.47. The van der Waals surface area contributed by atoms with Crippen LogP contribution in [-0.2, 0) is 0 Å². The molecule has 0 aliphatic heterocycles. The Balaban J connectivity index is 2.77. The van der Waals surface area contributed by atoms with Gasteiger partial charge in [0, 0.05) is 6.20 Å². The van der Waals surface area contributed by atoms with E-state index in [1.807, 2.05) is 0 Å². The lowest BCUT2D eigenvalue weighted by Gasteiger charge is -2.10. The van der Waals surface area contributed by atoms with Crippen molar-refractivity contribution in [1.29, 1.82) is 0 Å². The van der Waals surface area contributed by atoms with Crippen molar-refractivity contribution >= 4 is 0 Å². The first-order valence-corrected chi connectivity index (χ1v) is 3.71. The molecule has 0 amide bonds. The average molecular weight is 209 g/mol. The highest BCUT2D eigenvalue weighted by Crippen LogP contribution is 2.23. The van der Waals surface area contributed by atoms with E-state index < -0.39 is 24.5 Å². The number of pyridine rings is 1. The molecule has 0 aromatic carbocycles. The molecule has 0 radical (unpaired) electrons. The number of halogens is 4. The zero-order chi connectivity index (χ0) is 10.8. The molecule has 14 heavy (non-hydrogen) atoms. The number of rotatable bonds is 2. The van der Waals surface area contributed by atoms with Crippen molar-refractivity contribution in [2.45, 2.75) is 13.1 Å². The van der Waals surface area contributed by atoms with Crippen LogP contribution in [0, 0.1) is 12.9 Å². The van der Waals surface area contributed by atoms with Gasteiger partial charge in [-0.3, -0.25) is 0 Å². The van der Waals surface area contributed by atoms with Gasteiger partial charge in [0.25, 0.3) is 5.95 Å². The minimum Gasteiger partial charge on any atom is -0.479 e. The molecule has 1 aromatic heterocycles. The molecule has 0 saturated heterocycles. The Hall–Kier alpha value is -1.33. The van der Waals surface area contributed by atoms with Crippen LogP contribution >= 0.6 is 0 Å². The molecular weight excluding hydrogens is 202 g/mol. The standard InChI is InChI=1S/C8H7F4NO/c1-5-2-3-13-7(9)6(5)14-4-8(10,11)12/h2-3H,4H2,1H3. The highest BCUT2D eigenvalue weighted by molar-refractivity contribution is 5.29. The van der Waals surface area contributed by atoms with E-state index in [-0.39, 0.29) is 5.56 Å². The van der Waals surface area contributed by atoms with Crippen LogP contribution in [0.15, 0.2) is 12.3 Å². The fourth-order valence-electron chi connectivity index (χ4n) is 0.839. The second-order valence-electron chi connectivity index (χ2n) is 2.65. The van der Waals surface area contributed by atoms with Crippen molar-refractivity contribution in [2.24, 2.45) is 0 Å². The molecule has 0 fully saturated rings. The molecule has 78 valence electrons. The summed E-state index contributed by atoms with van der Waals surface area (Å²) in [7, 11) is 0. The second kappa shape index (κ2) is 3.81. The Bertz CT molecular complexity index is 303. The van der Waals surface area contributed by atoms with E-state index in [4.69, 9.17) is 0 Å². The van der Waals surface area contributed by atoms with E-state index in [2.05, 4.69) is 9.72 Å². The van der Waals surface area contributed by atoms with Gasteiger partial charge in [-0.05, 0) is 18.6 Å². The molecule has 0 saturated carbocycles. The number of nitrogens with zero attached hydrogens (tertiary/aromatic N) is 1. The van der Waals surface area contributed by atoms with Gasteiger partial charge in [0.2, 0.25) is 0 Å². The maximum absolute atomic E-state index is 12.8. The maximum Gasteiger partial charge on any atom is 0.422 e. The summed E-state index contributed by atoms with van der Waals surface area (Å²) in [6.07, 6.45) is -3.32. The van der Waals surface area contributed by atoms with Crippen LogP contribution < -0.4 is 4.74 Å². The molecule has 1 heterocycles. The van der Waals surface area contributed by atoms with Gasteiger partial charge in [-0.2, -0.15) is 17.6 Å². The van der Waals surface area contributed by atoms with Gasteiger partial charge < -0.3 is 4.74 Å². The maximum atomic E-state index is 12.8. The molecule has 0 aliphatic carbocycles. The van der Waals surface area contributed by atoms with Crippen molar-refractivity contribution < 1.29 is 22.3 Å². The number of hydrogen-bond donors (Lipinski definition) is 0. The number of aromatic nitrogens is 1. The van der Waals surface area contributed by atoms with Crippen molar-refractivity contribution in [1.82, 2.24) is 4.98 Å². The third-order valence-electron chi connectivity index (χ3n) is 1.44. The fourth-order valence-corrected chi connectivity index (χ4v) is 0.839. The summed E-state index contributed by atoms with van der Waals surface area (Å²) in [4.78, 5) is 3.18. The molecule has 6 heteroatoms. The quantitative estimate of drug-likeness (QED) is 0.551. The van der Waals surface area contributed by atoms with Gasteiger partial charge in [-0.25, -0.2) is 4.98 Å². The van der Waals surface area contributed by atoms with Crippen molar-refractivity contribution in [2.75, 3.05) is 6.61 Å². The van der Waals surface area contributed by atoms with E-state index in [1.165, 1.54) is 13.0 Å². The number of hydrogen-bond acceptors (Lipinski definition) is 2. The Kier molecular flexibility index (Phi) is 2.93. The first-order chi connectivity index (χ1) is 6.40. The molecule has 0 bridgehead atoms. The van der Waals surface area contributed by atoms with Crippen molar-refractivity contribution in [3.63, 3.8) is 0 Å². The van der Waals surface area contributed by atoms with Gasteiger partial charge in [-0.1, -0.05) is 0 Å². The normalized spacial score (nSPS) is 11.5. The molecule has 2 nitrogen and oxygen atoms in total. The monoisotopic (exact) mass is 209 g/mol. The highest BCUT2D eigenvalue weighted by atomic mass is 19.4. The van der Waals surface area contributed by atoms with E-state index in [0.717, 1.165) is 6.20 Å². The van der Waals surface area contributed by atoms with Crippen LogP contribution in [0.3, 0.4) is 0 Å². The Labute approximate surface area is 77.5 Å². The van der Waals surface area contributed by atoms with Gasteiger partial charge in [0.1, 0.15) is 0 Å². The Morgan fingerprint density at radius 3 is 2.57 bits per heavy atom. The van der Waals surface area contributed by atoms with Crippen LogP contribution in [0.4, 0.5) is 17.6 Å². The summed E-state index contributed by atoms with van der Waals surface area (Å²) in [5.41, 5.74) is 0.279. The molecule has 0 N–H and O–H groups in total. The fraction of sp³-hybridized carbons (Fsp3) is 0.375. The van der Waals surface area contributed by atoms with Gasteiger partial charge >= 0.3 is 6.18 Å². The lowest BCUT2D eigenvalue weighted by molar-refractivity contribution is -0.154. The van der Waals surface area contributed by atoms with Gasteiger partial charge in [-0.15, -0.1) is 0 Å². The third kappa shape index (κ3) is 2.86. The third-order valence-corrected chi connectivity index (χ3v) is 1.44. The Morgan fingerprint density at radius 1 is 1.43 bits per heavy atom. The summed E-state index contributed by atoms with van der Waals surface area (Å²) in [5.74, 6) is -1.49. The SMILES string of the molecule is Cc1ccnc(F)c1OCC(F)(F)F. The lowest BCUT2D eigenvalue weighted by atomic mass is 10.3. The van der Waals surface area contributed by atoms with Crippen molar-refractivity contribution in [3.8, 4) is 5.75 Å². The summed E-state index contributed by atoms with van der Waals surface area (Å²) < 4.78 is 52.3. The predicted molar refractivity (Wildman–Crippen MR) is 40.5 cm³/mol.